The van der Waals surface area contributed by atoms with E-state index in [1.165, 1.54) is 6.21 Å². The molecule has 0 fully saturated rings. The molecule has 0 aliphatic carbocycles. The smallest absolute Gasteiger partial charge is 0.271 e. The Morgan fingerprint density at radius 1 is 1.03 bits per heavy atom. The predicted octanol–water partition coefficient (Wildman–Crippen LogP) is 4.85. The molecule has 2 N–H and O–H groups in total. The van der Waals surface area contributed by atoms with Crippen LogP contribution in [0.15, 0.2) is 76.3 Å². The van der Waals surface area contributed by atoms with Gasteiger partial charge in [-0.1, -0.05) is 45.8 Å². The highest BCUT2D eigenvalue weighted by Crippen LogP contribution is 2.16. The van der Waals surface area contributed by atoms with Crippen molar-refractivity contribution >= 4 is 39.6 Å². The van der Waals surface area contributed by atoms with E-state index in [1.807, 2.05) is 38.1 Å². The van der Waals surface area contributed by atoms with Gasteiger partial charge in [0.05, 0.1) is 6.21 Å². The number of rotatable bonds is 7. The molecular formula is C24H22BrN3O3. The van der Waals surface area contributed by atoms with E-state index < -0.39 is 0 Å². The monoisotopic (exact) mass is 479 g/mol. The molecule has 7 heteroatoms. The zero-order chi connectivity index (χ0) is 22.2. The Balaban J connectivity index is 1.52. The topological polar surface area (TPSA) is 79.8 Å². The molecular weight excluding hydrogens is 458 g/mol. The highest BCUT2D eigenvalue weighted by Gasteiger charge is 2.07. The van der Waals surface area contributed by atoms with Crippen molar-refractivity contribution in [2.45, 2.75) is 13.8 Å². The molecule has 0 saturated heterocycles. The fourth-order valence-corrected chi connectivity index (χ4v) is 3.07. The van der Waals surface area contributed by atoms with E-state index in [1.54, 1.807) is 42.5 Å². The molecule has 0 aromatic heterocycles. The number of halogens is 1. The van der Waals surface area contributed by atoms with Crippen LogP contribution < -0.4 is 15.5 Å². The summed E-state index contributed by atoms with van der Waals surface area (Å²) in [5, 5.41) is 6.83. The van der Waals surface area contributed by atoms with Gasteiger partial charge in [-0.2, -0.15) is 5.10 Å². The highest BCUT2D eigenvalue weighted by molar-refractivity contribution is 9.10. The standard InChI is InChI=1S/C24H22BrN3O3/c1-16-6-11-22(17(2)12-16)27-23(29)15-31-21-5-3-4-18(13-21)14-26-28-24(30)19-7-9-20(25)10-8-19/h3-14H,15H2,1-2H3,(H,27,29)(H,28,30)/b26-14+. The third kappa shape index (κ3) is 6.79. The summed E-state index contributed by atoms with van der Waals surface area (Å²) >= 11 is 3.33. The summed E-state index contributed by atoms with van der Waals surface area (Å²) in [4.78, 5) is 24.3. The van der Waals surface area contributed by atoms with Crippen LogP contribution in [-0.2, 0) is 4.79 Å². The first kappa shape index (κ1) is 22.2. The summed E-state index contributed by atoms with van der Waals surface area (Å²) in [5.41, 5.74) is 6.62. The lowest BCUT2D eigenvalue weighted by Crippen LogP contribution is -2.20. The number of nitrogens with zero attached hydrogens (tertiary/aromatic N) is 1. The van der Waals surface area contributed by atoms with Crippen molar-refractivity contribution < 1.29 is 14.3 Å². The number of benzene rings is 3. The summed E-state index contributed by atoms with van der Waals surface area (Å²) in [6.45, 7) is 3.83. The molecule has 3 rings (SSSR count). The molecule has 0 aliphatic heterocycles. The number of hydrogen-bond acceptors (Lipinski definition) is 4. The second-order valence-corrected chi connectivity index (χ2v) is 7.85. The van der Waals surface area contributed by atoms with Crippen molar-refractivity contribution in [3.8, 4) is 5.75 Å². The molecule has 0 spiro atoms. The molecule has 3 aromatic carbocycles. The summed E-state index contributed by atoms with van der Waals surface area (Å²) in [7, 11) is 0. The van der Waals surface area contributed by atoms with E-state index in [0.29, 0.717) is 11.3 Å². The Hall–Kier alpha value is -3.45. The molecule has 0 saturated carbocycles. The maximum Gasteiger partial charge on any atom is 0.271 e. The second-order valence-electron chi connectivity index (χ2n) is 6.93. The fourth-order valence-electron chi connectivity index (χ4n) is 2.80. The summed E-state index contributed by atoms with van der Waals surface area (Å²) in [6, 6.07) is 19.9. The Bertz CT molecular complexity index is 1110. The molecule has 0 radical (unpaired) electrons. The van der Waals surface area contributed by atoms with Crippen molar-refractivity contribution in [1.29, 1.82) is 0 Å². The van der Waals surface area contributed by atoms with Gasteiger partial charge in [-0.05, 0) is 67.4 Å². The zero-order valence-corrected chi connectivity index (χ0v) is 18.8. The number of anilines is 1. The average molecular weight is 480 g/mol. The molecule has 0 unspecified atom stereocenters. The van der Waals surface area contributed by atoms with Crippen LogP contribution in [-0.4, -0.2) is 24.6 Å². The van der Waals surface area contributed by atoms with Crippen LogP contribution in [0.2, 0.25) is 0 Å². The molecule has 6 nitrogen and oxygen atoms in total. The average Bonchev–Trinajstić information content (AvgIpc) is 2.75. The first-order valence-electron chi connectivity index (χ1n) is 9.59. The molecule has 158 valence electrons. The van der Waals surface area contributed by atoms with E-state index in [0.717, 1.165) is 26.9 Å². The van der Waals surface area contributed by atoms with Gasteiger partial charge in [-0.3, -0.25) is 9.59 Å². The van der Waals surface area contributed by atoms with Gasteiger partial charge in [0.1, 0.15) is 5.75 Å². The molecule has 0 heterocycles. The zero-order valence-electron chi connectivity index (χ0n) is 17.2. The maximum absolute atomic E-state index is 12.2. The lowest BCUT2D eigenvalue weighted by atomic mass is 10.1. The fraction of sp³-hybridized carbons (Fsp3) is 0.125. The molecule has 2 amide bonds. The van der Waals surface area contributed by atoms with Gasteiger partial charge in [0.15, 0.2) is 6.61 Å². The SMILES string of the molecule is Cc1ccc(NC(=O)COc2cccc(/C=N/NC(=O)c3ccc(Br)cc3)c2)c(C)c1. The van der Waals surface area contributed by atoms with Crippen LogP contribution in [0.3, 0.4) is 0 Å². The Morgan fingerprint density at radius 2 is 1.81 bits per heavy atom. The maximum atomic E-state index is 12.2. The largest absolute Gasteiger partial charge is 0.484 e. The van der Waals surface area contributed by atoms with Crippen LogP contribution in [0.4, 0.5) is 5.69 Å². The van der Waals surface area contributed by atoms with E-state index >= 15 is 0 Å². The van der Waals surface area contributed by atoms with E-state index in [2.05, 4.69) is 31.8 Å². The lowest BCUT2D eigenvalue weighted by molar-refractivity contribution is -0.118. The van der Waals surface area contributed by atoms with Gasteiger partial charge in [-0.25, -0.2) is 5.43 Å². The third-order valence-corrected chi connectivity index (χ3v) is 4.90. The van der Waals surface area contributed by atoms with Gasteiger partial charge in [0, 0.05) is 15.7 Å². The van der Waals surface area contributed by atoms with Crippen LogP contribution in [0, 0.1) is 13.8 Å². The number of aryl methyl sites for hydroxylation is 2. The number of hydrogen-bond donors (Lipinski definition) is 2. The minimum atomic E-state index is -0.306. The van der Waals surface area contributed by atoms with Crippen LogP contribution in [0.25, 0.3) is 0 Å². The number of carbonyl (C=O) groups is 2. The van der Waals surface area contributed by atoms with Crippen molar-refractivity contribution in [1.82, 2.24) is 5.43 Å². The van der Waals surface area contributed by atoms with Crippen molar-refractivity contribution in [2.75, 3.05) is 11.9 Å². The van der Waals surface area contributed by atoms with Gasteiger partial charge in [0.25, 0.3) is 11.8 Å². The number of ether oxygens (including phenoxy) is 1. The molecule has 0 aliphatic rings. The van der Waals surface area contributed by atoms with Crippen LogP contribution in [0.5, 0.6) is 5.75 Å². The number of nitrogens with one attached hydrogen (secondary N) is 2. The van der Waals surface area contributed by atoms with Crippen molar-refractivity contribution in [2.24, 2.45) is 5.10 Å². The Labute approximate surface area is 189 Å². The predicted molar refractivity (Wildman–Crippen MR) is 126 cm³/mol. The van der Waals surface area contributed by atoms with E-state index in [4.69, 9.17) is 4.74 Å². The first-order chi connectivity index (χ1) is 14.9. The highest BCUT2D eigenvalue weighted by atomic mass is 79.9. The van der Waals surface area contributed by atoms with Gasteiger partial charge >= 0.3 is 0 Å². The molecule has 0 atom stereocenters. The lowest BCUT2D eigenvalue weighted by Gasteiger charge is -2.10. The summed E-state index contributed by atoms with van der Waals surface area (Å²) in [6.07, 6.45) is 1.51. The number of carbonyl (C=O) groups excluding carboxylic acids is 2. The van der Waals surface area contributed by atoms with Crippen molar-refractivity contribution in [3.05, 3.63) is 93.5 Å². The van der Waals surface area contributed by atoms with Gasteiger partial charge in [0.2, 0.25) is 0 Å². The van der Waals surface area contributed by atoms with Crippen LogP contribution >= 0.6 is 15.9 Å². The first-order valence-corrected chi connectivity index (χ1v) is 10.4. The van der Waals surface area contributed by atoms with E-state index in [-0.39, 0.29) is 18.4 Å². The second kappa shape index (κ2) is 10.5. The quantitative estimate of drug-likeness (QED) is 0.375. The minimum Gasteiger partial charge on any atom is -0.484 e. The molecule has 0 bridgehead atoms. The van der Waals surface area contributed by atoms with Crippen molar-refractivity contribution in [3.63, 3.8) is 0 Å². The number of amides is 2. The normalized spacial score (nSPS) is 10.7. The van der Waals surface area contributed by atoms with Crippen LogP contribution in [0.1, 0.15) is 27.0 Å². The third-order valence-electron chi connectivity index (χ3n) is 4.37. The summed E-state index contributed by atoms with van der Waals surface area (Å²) < 4.78 is 6.48. The Morgan fingerprint density at radius 3 is 2.55 bits per heavy atom. The van der Waals surface area contributed by atoms with E-state index in [9.17, 15) is 9.59 Å². The Kier molecular flexibility index (Phi) is 7.56. The molecule has 31 heavy (non-hydrogen) atoms. The minimum absolute atomic E-state index is 0.117. The molecule has 3 aromatic rings. The van der Waals surface area contributed by atoms with Gasteiger partial charge < -0.3 is 10.1 Å². The summed E-state index contributed by atoms with van der Waals surface area (Å²) in [5.74, 6) is -0.0222. The number of hydrazone groups is 1. The van der Waals surface area contributed by atoms with Gasteiger partial charge in [-0.15, -0.1) is 0 Å².